The normalized spacial score (nSPS) is 10.6. The van der Waals surface area contributed by atoms with E-state index in [-0.39, 0.29) is 6.03 Å². The van der Waals surface area contributed by atoms with Crippen LogP contribution >= 0.6 is 15.9 Å². The van der Waals surface area contributed by atoms with Gasteiger partial charge in [-0.3, -0.25) is 0 Å². The van der Waals surface area contributed by atoms with Crippen molar-refractivity contribution in [1.29, 1.82) is 0 Å². The van der Waals surface area contributed by atoms with E-state index in [4.69, 9.17) is 0 Å². The van der Waals surface area contributed by atoms with Crippen LogP contribution in [-0.4, -0.2) is 6.03 Å². The lowest BCUT2D eigenvalue weighted by atomic mass is 10.1. The lowest BCUT2D eigenvalue weighted by molar-refractivity contribution is 0.244. The molecule has 4 heteroatoms. The molecule has 108 valence electrons. The van der Waals surface area contributed by atoms with Crippen molar-refractivity contribution >= 4 is 28.0 Å². The van der Waals surface area contributed by atoms with Gasteiger partial charge in [0.25, 0.3) is 0 Å². The van der Waals surface area contributed by atoms with Gasteiger partial charge < -0.3 is 10.6 Å². The maximum absolute atomic E-state index is 11.7. The van der Waals surface area contributed by atoms with Crippen molar-refractivity contribution in [3.05, 3.63) is 75.9 Å². The highest BCUT2D eigenvalue weighted by Crippen LogP contribution is 2.10. The SMILES string of the molecule is Cc1cccc(/C=C/NC(=O)NCc2ccc(Br)cc2)c1. The summed E-state index contributed by atoms with van der Waals surface area (Å²) in [7, 11) is 0. The monoisotopic (exact) mass is 344 g/mol. The first kappa shape index (κ1) is 15.3. The van der Waals surface area contributed by atoms with E-state index in [0.717, 1.165) is 15.6 Å². The molecule has 3 nitrogen and oxygen atoms in total. The highest BCUT2D eigenvalue weighted by Gasteiger charge is 1.98. The second-order valence-corrected chi connectivity index (χ2v) is 5.62. The number of amides is 2. The third-order valence-corrected chi connectivity index (χ3v) is 3.43. The number of carbonyl (C=O) groups excluding carboxylic acids is 1. The molecule has 0 atom stereocenters. The molecule has 21 heavy (non-hydrogen) atoms. The number of halogens is 1. The van der Waals surface area contributed by atoms with Crippen LogP contribution in [0.4, 0.5) is 4.79 Å². The molecule has 0 saturated heterocycles. The van der Waals surface area contributed by atoms with Crippen molar-refractivity contribution in [2.75, 3.05) is 0 Å². The summed E-state index contributed by atoms with van der Waals surface area (Å²) in [5, 5.41) is 5.49. The van der Waals surface area contributed by atoms with Gasteiger partial charge in [0.1, 0.15) is 0 Å². The molecule has 0 bridgehead atoms. The van der Waals surface area contributed by atoms with Crippen LogP contribution in [0.1, 0.15) is 16.7 Å². The quantitative estimate of drug-likeness (QED) is 0.856. The summed E-state index contributed by atoms with van der Waals surface area (Å²) in [5.41, 5.74) is 3.30. The van der Waals surface area contributed by atoms with Crippen LogP contribution in [0.2, 0.25) is 0 Å². The van der Waals surface area contributed by atoms with E-state index in [1.165, 1.54) is 5.56 Å². The van der Waals surface area contributed by atoms with E-state index in [2.05, 4.69) is 32.6 Å². The average Bonchev–Trinajstić information content (AvgIpc) is 2.47. The molecule has 0 heterocycles. The van der Waals surface area contributed by atoms with E-state index in [1.54, 1.807) is 6.20 Å². The Morgan fingerprint density at radius 1 is 1.19 bits per heavy atom. The summed E-state index contributed by atoms with van der Waals surface area (Å²) in [6.45, 7) is 2.53. The zero-order chi connectivity index (χ0) is 15.1. The third kappa shape index (κ3) is 5.44. The molecule has 2 N–H and O–H groups in total. The number of benzene rings is 2. The van der Waals surface area contributed by atoms with Gasteiger partial charge in [-0.1, -0.05) is 57.9 Å². The van der Waals surface area contributed by atoms with Gasteiger partial charge in [0.2, 0.25) is 0 Å². The van der Waals surface area contributed by atoms with Crippen molar-refractivity contribution in [1.82, 2.24) is 10.6 Å². The first-order chi connectivity index (χ1) is 10.1. The molecule has 0 spiro atoms. The summed E-state index contributed by atoms with van der Waals surface area (Å²) in [5.74, 6) is 0. The fraction of sp³-hybridized carbons (Fsp3) is 0.118. The Hall–Kier alpha value is -2.07. The largest absolute Gasteiger partial charge is 0.334 e. The predicted octanol–water partition coefficient (Wildman–Crippen LogP) is 4.23. The minimum atomic E-state index is -0.221. The Morgan fingerprint density at radius 3 is 2.67 bits per heavy atom. The van der Waals surface area contributed by atoms with Gasteiger partial charge in [-0.2, -0.15) is 0 Å². The van der Waals surface area contributed by atoms with Crippen molar-refractivity contribution in [3.8, 4) is 0 Å². The molecule has 0 unspecified atom stereocenters. The van der Waals surface area contributed by atoms with Gasteiger partial charge in [-0.25, -0.2) is 4.79 Å². The van der Waals surface area contributed by atoms with E-state index in [1.807, 2.05) is 55.5 Å². The van der Waals surface area contributed by atoms with Gasteiger partial charge in [0, 0.05) is 17.2 Å². The van der Waals surface area contributed by atoms with Crippen LogP contribution in [0, 0.1) is 6.92 Å². The second-order valence-electron chi connectivity index (χ2n) is 4.70. The lowest BCUT2D eigenvalue weighted by Gasteiger charge is -2.05. The molecule has 0 aliphatic heterocycles. The van der Waals surface area contributed by atoms with Crippen LogP contribution in [0.3, 0.4) is 0 Å². The number of rotatable bonds is 4. The molecule has 0 radical (unpaired) electrons. The Kier molecular flexibility index (Phi) is 5.58. The highest BCUT2D eigenvalue weighted by atomic mass is 79.9. The summed E-state index contributed by atoms with van der Waals surface area (Å²) in [6, 6.07) is 15.7. The molecule has 2 rings (SSSR count). The Morgan fingerprint density at radius 2 is 1.95 bits per heavy atom. The van der Waals surface area contributed by atoms with Gasteiger partial charge in [-0.05, 0) is 36.3 Å². The first-order valence-corrected chi connectivity index (χ1v) is 7.45. The van der Waals surface area contributed by atoms with Crippen molar-refractivity contribution in [2.45, 2.75) is 13.5 Å². The van der Waals surface area contributed by atoms with E-state index in [9.17, 15) is 4.79 Å². The Bertz CT molecular complexity index is 635. The maximum atomic E-state index is 11.7. The molecule has 0 aliphatic carbocycles. The van der Waals surface area contributed by atoms with Gasteiger partial charge >= 0.3 is 6.03 Å². The molecule has 0 aliphatic rings. The highest BCUT2D eigenvalue weighted by molar-refractivity contribution is 9.10. The molecule has 2 aromatic carbocycles. The predicted molar refractivity (Wildman–Crippen MR) is 89.7 cm³/mol. The van der Waals surface area contributed by atoms with Gasteiger partial charge in [0.15, 0.2) is 0 Å². The van der Waals surface area contributed by atoms with Crippen molar-refractivity contribution in [3.63, 3.8) is 0 Å². The number of aryl methyl sites for hydroxylation is 1. The Labute approximate surface area is 133 Å². The molecule has 0 saturated carbocycles. The molecular weight excluding hydrogens is 328 g/mol. The molecular formula is C17H17BrN2O. The summed E-state index contributed by atoms with van der Waals surface area (Å²) < 4.78 is 1.02. The maximum Gasteiger partial charge on any atom is 0.319 e. The zero-order valence-corrected chi connectivity index (χ0v) is 13.4. The van der Waals surface area contributed by atoms with Gasteiger partial charge in [0.05, 0.1) is 0 Å². The lowest BCUT2D eigenvalue weighted by Crippen LogP contribution is -2.31. The van der Waals surface area contributed by atoms with E-state index in [0.29, 0.717) is 6.54 Å². The number of hydrogen-bond donors (Lipinski definition) is 2. The number of hydrogen-bond acceptors (Lipinski definition) is 1. The summed E-state index contributed by atoms with van der Waals surface area (Å²) in [4.78, 5) is 11.7. The zero-order valence-electron chi connectivity index (χ0n) is 11.8. The standard InChI is InChI=1S/C17H17BrN2O/c1-13-3-2-4-14(11-13)9-10-19-17(21)20-12-15-5-7-16(18)8-6-15/h2-11H,12H2,1H3,(H2,19,20,21)/b10-9+. The van der Waals surface area contributed by atoms with E-state index < -0.39 is 0 Å². The number of carbonyl (C=O) groups is 1. The molecule has 2 amide bonds. The molecule has 2 aromatic rings. The van der Waals surface area contributed by atoms with E-state index >= 15 is 0 Å². The fourth-order valence-corrected chi connectivity index (χ4v) is 2.09. The third-order valence-electron chi connectivity index (χ3n) is 2.90. The number of urea groups is 1. The van der Waals surface area contributed by atoms with Crippen LogP contribution < -0.4 is 10.6 Å². The Balaban J connectivity index is 1.78. The van der Waals surface area contributed by atoms with Gasteiger partial charge in [-0.15, -0.1) is 0 Å². The van der Waals surface area contributed by atoms with Crippen molar-refractivity contribution in [2.24, 2.45) is 0 Å². The van der Waals surface area contributed by atoms with Crippen LogP contribution in [0.15, 0.2) is 59.2 Å². The van der Waals surface area contributed by atoms with Crippen LogP contribution in [0.5, 0.6) is 0 Å². The minimum Gasteiger partial charge on any atom is -0.334 e. The first-order valence-electron chi connectivity index (χ1n) is 6.65. The number of nitrogens with one attached hydrogen (secondary N) is 2. The minimum absolute atomic E-state index is 0.221. The second kappa shape index (κ2) is 7.64. The average molecular weight is 345 g/mol. The topological polar surface area (TPSA) is 41.1 Å². The van der Waals surface area contributed by atoms with Crippen LogP contribution in [-0.2, 0) is 6.54 Å². The smallest absolute Gasteiger partial charge is 0.319 e. The van der Waals surface area contributed by atoms with Crippen LogP contribution in [0.25, 0.3) is 6.08 Å². The summed E-state index contributed by atoms with van der Waals surface area (Å²) in [6.07, 6.45) is 3.51. The molecule has 0 aromatic heterocycles. The molecule has 0 fully saturated rings. The summed E-state index contributed by atoms with van der Waals surface area (Å²) >= 11 is 3.38. The fourth-order valence-electron chi connectivity index (χ4n) is 1.82. The van der Waals surface area contributed by atoms with Crippen molar-refractivity contribution < 1.29 is 4.79 Å².